The lowest BCUT2D eigenvalue weighted by Gasteiger charge is -2.24. The molecule has 1 aromatic carbocycles. The molecule has 0 saturated heterocycles. The number of benzene rings is 1. The summed E-state index contributed by atoms with van der Waals surface area (Å²) in [6.45, 7) is 5.39. The van der Waals surface area contributed by atoms with Crippen LogP contribution in [0.5, 0.6) is 0 Å². The average Bonchev–Trinajstić information content (AvgIpc) is 2.15. The fourth-order valence-electron chi connectivity index (χ4n) is 1.39. The van der Waals surface area contributed by atoms with Gasteiger partial charge in [0.15, 0.2) is 0 Å². The van der Waals surface area contributed by atoms with E-state index in [1.54, 1.807) is 6.92 Å². The summed E-state index contributed by atoms with van der Waals surface area (Å²) in [5.41, 5.74) is 1.10. The van der Waals surface area contributed by atoms with Crippen molar-refractivity contribution in [1.82, 2.24) is 0 Å². The quantitative estimate of drug-likeness (QED) is 0.888. The molecule has 0 spiro atoms. The van der Waals surface area contributed by atoms with Crippen molar-refractivity contribution in [2.24, 2.45) is 0 Å². The third kappa shape index (κ3) is 4.74. The highest BCUT2D eigenvalue weighted by Gasteiger charge is 2.06. The Bertz CT molecular complexity index is 274. The number of aliphatic hydroxyl groups excluding tert-OH is 1. The standard InChI is InChI=1S/C11H16ClNO.ClH/c1-3-13(8-9(2)14)11-6-4-10(12)5-7-11;/h4-7,9,14H,3,8H2,1-2H3;1H. The second-order valence-electron chi connectivity index (χ2n) is 3.36. The number of hydrogen-bond acceptors (Lipinski definition) is 2. The third-order valence-electron chi connectivity index (χ3n) is 2.06. The fourth-order valence-corrected chi connectivity index (χ4v) is 1.51. The van der Waals surface area contributed by atoms with Crippen LogP contribution in [-0.2, 0) is 0 Å². The lowest BCUT2D eigenvalue weighted by atomic mass is 10.2. The summed E-state index contributed by atoms with van der Waals surface area (Å²) < 4.78 is 0. The molecule has 0 fully saturated rings. The smallest absolute Gasteiger partial charge is 0.0687 e. The zero-order chi connectivity index (χ0) is 10.6. The zero-order valence-electron chi connectivity index (χ0n) is 8.98. The molecule has 0 amide bonds. The lowest BCUT2D eigenvalue weighted by molar-refractivity contribution is 0.200. The van der Waals surface area contributed by atoms with E-state index in [1.807, 2.05) is 24.3 Å². The van der Waals surface area contributed by atoms with Gasteiger partial charge in [0.2, 0.25) is 0 Å². The summed E-state index contributed by atoms with van der Waals surface area (Å²) in [6, 6.07) is 7.66. The van der Waals surface area contributed by atoms with Crippen LogP contribution in [0.1, 0.15) is 13.8 Å². The molecule has 0 aromatic heterocycles. The second-order valence-corrected chi connectivity index (χ2v) is 3.80. The number of hydrogen-bond donors (Lipinski definition) is 1. The van der Waals surface area contributed by atoms with Crippen LogP contribution >= 0.6 is 24.0 Å². The van der Waals surface area contributed by atoms with E-state index in [4.69, 9.17) is 11.6 Å². The normalized spacial score (nSPS) is 11.7. The predicted octanol–water partition coefficient (Wildman–Crippen LogP) is 2.97. The predicted molar refractivity (Wildman–Crippen MR) is 68.3 cm³/mol. The Morgan fingerprint density at radius 2 is 1.87 bits per heavy atom. The minimum atomic E-state index is -0.314. The Morgan fingerprint density at radius 1 is 1.33 bits per heavy atom. The average molecular weight is 250 g/mol. The van der Waals surface area contributed by atoms with Crippen molar-refractivity contribution in [2.75, 3.05) is 18.0 Å². The molecule has 15 heavy (non-hydrogen) atoms. The van der Waals surface area contributed by atoms with Gasteiger partial charge in [-0.25, -0.2) is 0 Å². The van der Waals surface area contributed by atoms with Crippen molar-refractivity contribution in [3.8, 4) is 0 Å². The molecule has 0 aliphatic heterocycles. The summed E-state index contributed by atoms with van der Waals surface area (Å²) >= 11 is 5.80. The Kier molecular flexibility index (Phi) is 6.73. The third-order valence-corrected chi connectivity index (χ3v) is 2.31. The van der Waals surface area contributed by atoms with Gasteiger partial charge in [0, 0.05) is 23.8 Å². The van der Waals surface area contributed by atoms with Gasteiger partial charge in [-0.3, -0.25) is 0 Å². The molecule has 0 aliphatic rings. The van der Waals surface area contributed by atoms with Crippen LogP contribution in [0.3, 0.4) is 0 Å². The van der Waals surface area contributed by atoms with E-state index in [2.05, 4.69) is 11.8 Å². The Hall–Kier alpha value is -0.440. The van der Waals surface area contributed by atoms with Crippen molar-refractivity contribution in [2.45, 2.75) is 20.0 Å². The van der Waals surface area contributed by atoms with Gasteiger partial charge >= 0.3 is 0 Å². The molecule has 0 heterocycles. The van der Waals surface area contributed by atoms with Crippen LogP contribution in [0.25, 0.3) is 0 Å². The molecule has 86 valence electrons. The molecular weight excluding hydrogens is 233 g/mol. The van der Waals surface area contributed by atoms with Crippen molar-refractivity contribution >= 4 is 29.7 Å². The van der Waals surface area contributed by atoms with E-state index in [0.717, 1.165) is 17.3 Å². The summed E-state index contributed by atoms with van der Waals surface area (Å²) in [5.74, 6) is 0. The molecule has 2 nitrogen and oxygen atoms in total. The van der Waals surface area contributed by atoms with Crippen LogP contribution in [0, 0.1) is 0 Å². The fraction of sp³-hybridized carbons (Fsp3) is 0.455. The summed E-state index contributed by atoms with van der Waals surface area (Å²) in [7, 11) is 0. The molecular formula is C11H17Cl2NO. The van der Waals surface area contributed by atoms with E-state index in [0.29, 0.717) is 6.54 Å². The molecule has 0 aliphatic carbocycles. The SMILES string of the molecule is CCN(CC(C)O)c1ccc(Cl)cc1.Cl. The molecule has 1 unspecified atom stereocenters. The van der Waals surface area contributed by atoms with Gasteiger partial charge in [-0.2, -0.15) is 0 Å². The van der Waals surface area contributed by atoms with Crippen molar-refractivity contribution in [1.29, 1.82) is 0 Å². The summed E-state index contributed by atoms with van der Waals surface area (Å²) in [5, 5.41) is 10.0. The van der Waals surface area contributed by atoms with Crippen molar-refractivity contribution in [3.05, 3.63) is 29.3 Å². The molecule has 1 aromatic rings. The van der Waals surface area contributed by atoms with Crippen molar-refractivity contribution in [3.63, 3.8) is 0 Å². The number of rotatable bonds is 4. The maximum atomic E-state index is 9.30. The Balaban J connectivity index is 0.00000196. The minimum Gasteiger partial charge on any atom is -0.392 e. The summed E-state index contributed by atoms with van der Waals surface area (Å²) in [6.07, 6.45) is -0.314. The topological polar surface area (TPSA) is 23.5 Å². The van der Waals surface area contributed by atoms with Crippen LogP contribution in [0.4, 0.5) is 5.69 Å². The number of aliphatic hydroxyl groups is 1. The molecule has 1 rings (SSSR count). The second kappa shape index (κ2) is 6.94. The maximum Gasteiger partial charge on any atom is 0.0687 e. The van der Waals surface area contributed by atoms with Gasteiger partial charge in [-0.15, -0.1) is 12.4 Å². The largest absolute Gasteiger partial charge is 0.392 e. The van der Waals surface area contributed by atoms with E-state index < -0.39 is 0 Å². The molecule has 0 radical (unpaired) electrons. The molecule has 1 N–H and O–H groups in total. The van der Waals surface area contributed by atoms with E-state index in [-0.39, 0.29) is 18.5 Å². The first kappa shape index (κ1) is 14.6. The lowest BCUT2D eigenvalue weighted by Crippen LogP contribution is -2.30. The first-order valence-electron chi connectivity index (χ1n) is 4.82. The number of halogens is 2. The Morgan fingerprint density at radius 3 is 2.27 bits per heavy atom. The highest BCUT2D eigenvalue weighted by atomic mass is 35.5. The molecule has 0 bridgehead atoms. The maximum absolute atomic E-state index is 9.30. The first-order valence-corrected chi connectivity index (χ1v) is 5.20. The van der Waals surface area contributed by atoms with Crippen LogP contribution in [0.2, 0.25) is 5.02 Å². The monoisotopic (exact) mass is 249 g/mol. The van der Waals surface area contributed by atoms with E-state index >= 15 is 0 Å². The summed E-state index contributed by atoms with van der Waals surface area (Å²) in [4.78, 5) is 2.11. The van der Waals surface area contributed by atoms with Crippen LogP contribution in [-0.4, -0.2) is 24.3 Å². The van der Waals surface area contributed by atoms with E-state index in [9.17, 15) is 5.11 Å². The molecule has 4 heteroatoms. The number of nitrogens with zero attached hydrogens (tertiary/aromatic N) is 1. The zero-order valence-corrected chi connectivity index (χ0v) is 10.6. The van der Waals surface area contributed by atoms with Gasteiger partial charge in [0.25, 0.3) is 0 Å². The molecule has 1 atom stereocenters. The number of anilines is 1. The van der Waals surface area contributed by atoms with E-state index in [1.165, 1.54) is 0 Å². The molecule has 0 saturated carbocycles. The van der Waals surface area contributed by atoms with Gasteiger partial charge in [-0.05, 0) is 38.1 Å². The first-order chi connectivity index (χ1) is 6.63. The van der Waals surface area contributed by atoms with Gasteiger partial charge in [0.05, 0.1) is 6.10 Å². The number of likely N-dealkylation sites (N-methyl/N-ethyl adjacent to an activating group) is 1. The van der Waals surface area contributed by atoms with Gasteiger partial charge < -0.3 is 10.0 Å². The van der Waals surface area contributed by atoms with Gasteiger partial charge in [-0.1, -0.05) is 11.6 Å². The minimum absolute atomic E-state index is 0. The highest BCUT2D eigenvalue weighted by Crippen LogP contribution is 2.17. The Labute approximate surface area is 102 Å². The van der Waals surface area contributed by atoms with Crippen LogP contribution < -0.4 is 4.90 Å². The van der Waals surface area contributed by atoms with Crippen molar-refractivity contribution < 1.29 is 5.11 Å². The van der Waals surface area contributed by atoms with Gasteiger partial charge in [0.1, 0.15) is 0 Å². The highest BCUT2D eigenvalue weighted by molar-refractivity contribution is 6.30. The van der Waals surface area contributed by atoms with Crippen LogP contribution in [0.15, 0.2) is 24.3 Å².